The van der Waals surface area contributed by atoms with Crippen LogP contribution in [0.25, 0.3) is 10.1 Å². The third-order valence-corrected chi connectivity index (χ3v) is 6.46. The van der Waals surface area contributed by atoms with Gasteiger partial charge in [-0.3, -0.25) is 4.99 Å². The van der Waals surface area contributed by atoms with Crippen molar-refractivity contribution in [3.63, 3.8) is 0 Å². The van der Waals surface area contributed by atoms with Crippen molar-refractivity contribution in [3.05, 3.63) is 51.3 Å². The van der Waals surface area contributed by atoms with Gasteiger partial charge in [0.15, 0.2) is 5.96 Å². The van der Waals surface area contributed by atoms with E-state index in [1.165, 1.54) is 15.0 Å². The molecule has 5 nitrogen and oxygen atoms in total. The number of aliphatic hydroxyl groups excluding tert-OH is 1. The monoisotopic (exact) mass is 388 g/mol. The number of aromatic nitrogens is 1. The lowest BCUT2D eigenvalue weighted by Gasteiger charge is -2.14. The summed E-state index contributed by atoms with van der Waals surface area (Å²) in [5, 5.41) is 19.2. The highest BCUT2D eigenvalue weighted by Crippen LogP contribution is 2.29. The van der Waals surface area contributed by atoms with Gasteiger partial charge in [-0.25, -0.2) is 4.98 Å². The number of aryl methyl sites for hydroxylation is 1. The number of nitrogens with one attached hydrogen (secondary N) is 2. The van der Waals surface area contributed by atoms with Gasteiger partial charge in [0.1, 0.15) is 6.10 Å². The molecule has 26 heavy (non-hydrogen) atoms. The van der Waals surface area contributed by atoms with Crippen LogP contribution in [0.15, 0.2) is 41.5 Å². The van der Waals surface area contributed by atoms with E-state index >= 15 is 0 Å². The summed E-state index contributed by atoms with van der Waals surface area (Å²) < 4.78 is 1.19. The fraction of sp³-hybridized carbons (Fsp3) is 0.368. The van der Waals surface area contributed by atoms with Gasteiger partial charge in [-0.2, -0.15) is 0 Å². The van der Waals surface area contributed by atoms with Gasteiger partial charge in [0.2, 0.25) is 0 Å². The number of guanidine groups is 1. The molecule has 0 aliphatic carbocycles. The van der Waals surface area contributed by atoms with Crippen LogP contribution in [0, 0.1) is 0 Å². The Morgan fingerprint density at radius 3 is 2.85 bits per heavy atom. The molecule has 1 unspecified atom stereocenters. The quantitative estimate of drug-likeness (QED) is 0.429. The van der Waals surface area contributed by atoms with E-state index in [1.54, 1.807) is 29.7 Å². The highest BCUT2D eigenvalue weighted by molar-refractivity contribution is 7.19. The van der Waals surface area contributed by atoms with Crippen molar-refractivity contribution in [3.8, 4) is 0 Å². The molecule has 0 fully saturated rings. The summed E-state index contributed by atoms with van der Waals surface area (Å²) in [5.41, 5.74) is 0. The molecule has 3 aromatic rings. The van der Waals surface area contributed by atoms with Crippen molar-refractivity contribution < 1.29 is 5.11 Å². The first kappa shape index (κ1) is 18.8. The average Bonchev–Trinajstić information content (AvgIpc) is 3.30. The number of hydrogen-bond acceptors (Lipinski definition) is 5. The Labute approximate surface area is 161 Å². The summed E-state index contributed by atoms with van der Waals surface area (Å²) in [7, 11) is 1.74. The predicted molar refractivity (Wildman–Crippen MR) is 111 cm³/mol. The molecule has 0 radical (unpaired) electrons. The largest absolute Gasteiger partial charge is 0.386 e. The minimum absolute atomic E-state index is 0.420. The van der Waals surface area contributed by atoms with E-state index in [-0.39, 0.29) is 0 Å². The van der Waals surface area contributed by atoms with E-state index < -0.39 is 6.10 Å². The summed E-state index contributed by atoms with van der Waals surface area (Å²) in [6, 6.07) is 10.2. The Morgan fingerprint density at radius 2 is 2.12 bits per heavy atom. The van der Waals surface area contributed by atoms with Crippen LogP contribution < -0.4 is 10.6 Å². The zero-order valence-corrected chi connectivity index (χ0v) is 16.7. The second-order valence-electron chi connectivity index (χ2n) is 5.91. The van der Waals surface area contributed by atoms with E-state index in [2.05, 4.69) is 45.7 Å². The minimum atomic E-state index is -0.558. The van der Waals surface area contributed by atoms with Gasteiger partial charge in [-0.15, -0.1) is 22.7 Å². The molecule has 2 heterocycles. The van der Waals surface area contributed by atoms with Crippen LogP contribution in [0.5, 0.6) is 0 Å². The van der Waals surface area contributed by atoms with Crippen molar-refractivity contribution in [2.45, 2.75) is 25.9 Å². The Hall–Kier alpha value is -1.96. The number of hydrogen-bond donors (Lipinski definition) is 3. The van der Waals surface area contributed by atoms with Crippen molar-refractivity contribution in [2.24, 2.45) is 4.99 Å². The SMILES string of the molecule is CCc1cnc(CCNC(=NC)NCC(O)c2cc3ccccc3s2)s1. The molecule has 7 heteroatoms. The Balaban J connectivity index is 1.47. The lowest BCUT2D eigenvalue weighted by Crippen LogP contribution is -2.40. The van der Waals surface area contributed by atoms with Gasteiger partial charge >= 0.3 is 0 Å². The van der Waals surface area contributed by atoms with Crippen molar-refractivity contribution in [1.82, 2.24) is 15.6 Å². The number of benzene rings is 1. The molecule has 1 atom stereocenters. The molecular formula is C19H24N4OS2. The van der Waals surface area contributed by atoms with Gasteiger partial charge in [0.25, 0.3) is 0 Å². The summed E-state index contributed by atoms with van der Waals surface area (Å²) in [4.78, 5) is 10.9. The number of thiophene rings is 1. The first-order valence-corrected chi connectivity index (χ1v) is 10.4. The Kier molecular flexibility index (Phi) is 6.60. The summed E-state index contributed by atoms with van der Waals surface area (Å²) >= 11 is 3.39. The standard InChI is InChI=1S/C19H24N4OS2/c1-3-14-11-22-18(25-14)8-9-21-19(20-2)23-12-15(24)17-10-13-6-4-5-7-16(13)26-17/h4-7,10-11,15,24H,3,8-9,12H2,1-2H3,(H2,20,21,23). The lowest BCUT2D eigenvalue weighted by molar-refractivity contribution is 0.184. The van der Waals surface area contributed by atoms with Crippen LogP contribution in [0.1, 0.15) is 27.8 Å². The molecule has 0 spiro atoms. The molecule has 0 aliphatic heterocycles. The fourth-order valence-corrected chi connectivity index (χ4v) is 4.51. The van der Waals surface area contributed by atoms with Crippen LogP contribution in [-0.2, 0) is 12.8 Å². The van der Waals surface area contributed by atoms with Gasteiger partial charge in [0.05, 0.1) is 5.01 Å². The molecule has 138 valence electrons. The van der Waals surface area contributed by atoms with E-state index in [4.69, 9.17) is 0 Å². The number of fused-ring (bicyclic) bond motifs is 1. The maximum absolute atomic E-state index is 10.5. The summed E-state index contributed by atoms with van der Waals surface area (Å²) in [6.45, 7) is 3.32. The Morgan fingerprint density at radius 1 is 1.27 bits per heavy atom. The maximum Gasteiger partial charge on any atom is 0.191 e. The van der Waals surface area contributed by atoms with Gasteiger partial charge in [-0.05, 0) is 23.9 Å². The molecule has 0 bridgehead atoms. The number of rotatable bonds is 7. The van der Waals surface area contributed by atoms with Gasteiger partial charge in [-0.1, -0.05) is 25.1 Å². The molecule has 0 saturated carbocycles. The molecule has 0 saturated heterocycles. The lowest BCUT2D eigenvalue weighted by atomic mass is 10.2. The van der Waals surface area contributed by atoms with E-state index in [0.717, 1.165) is 29.3 Å². The number of aliphatic imine (C=N–C) groups is 1. The van der Waals surface area contributed by atoms with Crippen molar-refractivity contribution in [2.75, 3.05) is 20.1 Å². The van der Waals surface area contributed by atoms with Gasteiger partial charge in [0, 0.05) is 47.2 Å². The highest BCUT2D eigenvalue weighted by atomic mass is 32.1. The maximum atomic E-state index is 10.5. The van der Waals surface area contributed by atoms with Crippen LogP contribution in [0.4, 0.5) is 0 Å². The second-order valence-corrected chi connectivity index (χ2v) is 8.22. The zero-order valence-electron chi connectivity index (χ0n) is 15.0. The highest BCUT2D eigenvalue weighted by Gasteiger charge is 2.12. The molecule has 0 amide bonds. The van der Waals surface area contributed by atoms with Gasteiger partial charge < -0.3 is 15.7 Å². The van der Waals surface area contributed by atoms with Crippen LogP contribution in [-0.4, -0.2) is 36.2 Å². The first-order valence-electron chi connectivity index (χ1n) is 8.74. The van der Waals surface area contributed by atoms with Crippen LogP contribution in [0.3, 0.4) is 0 Å². The molecule has 2 aromatic heterocycles. The average molecular weight is 389 g/mol. The van der Waals surface area contributed by atoms with E-state index in [1.807, 2.05) is 18.3 Å². The smallest absolute Gasteiger partial charge is 0.191 e. The fourth-order valence-electron chi connectivity index (χ4n) is 2.60. The van der Waals surface area contributed by atoms with Crippen LogP contribution >= 0.6 is 22.7 Å². The summed E-state index contributed by atoms with van der Waals surface area (Å²) in [5.74, 6) is 0.692. The van der Waals surface area contributed by atoms with Crippen LogP contribution in [0.2, 0.25) is 0 Å². The third-order valence-electron chi connectivity index (χ3n) is 4.04. The normalized spacial score (nSPS) is 13.1. The summed E-state index contributed by atoms with van der Waals surface area (Å²) in [6.07, 6.45) is 3.29. The zero-order chi connectivity index (χ0) is 18.4. The van der Waals surface area contributed by atoms with E-state index in [0.29, 0.717) is 12.5 Å². The molecule has 3 N–H and O–H groups in total. The minimum Gasteiger partial charge on any atom is -0.386 e. The van der Waals surface area contributed by atoms with E-state index in [9.17, 15) is 5.11 Å². The third kappa shape index (κ3) is 4.81. The number of nitrogens with zero attached hydrogens (tertiary/aromatic N) is 2. The topological polar surface area (TPSA) is 69.5 Å². The Bertz CT molecular complexity index is 838. The second kappa shape index (κ2) is 9.12. The first-order chi connectivity index (χ1) is 12.7. The van der Waals surface area contributed by atoms with Crippen molar-refractivity contribution >= 4 is 38.7 Å². The molecule has 3 rings (SSSR count). The molecule has 0 aliphatic rings. The predicted octanol–water partition coefficient (Wildman–Crippen LogP) is 3.36. The molecule has 1 aromatic carbocycles. The number of aliphatic hydroxyl groups is 1. The number of thiazole rings is 1. The molecular weight excluding hydrogens is 364 g/mol. The van der Waals surface area contributed by atoms with Crippen molar-refractivity contribution in [1.29, 1.82) is 0 Å².